The second-order valence-corrected chi connectivity index (χ2v) is 4.91. The molecule has 1 unspecified atom stereocenters. The van der Waals surface area contributed by atoms with E-state index < -0.39 is 0 Å². The predicted molar refractivity (Wildman–Crippen MR) is 66.2 cm³/mol. The summed E-state index contributed by atoms with van der Waals surface area (Å²) in [6.45, 7) is 1.54. The molecule has 1 N–H and O–H groups in total. The largest absolute Gasteiger partial charge is 0.392 e. The van der Waals surface area contributed by atoms with E-state index >= 15 is 0 Å². The van der Waals surface area contributed by atoms with Gasteiger partial charge in [0.25, 0.3) is 0 Å². The van der Waals surface area contributed by atoms with Crippen LogP contribution in [0, 0.1) is 17.2 Å². The molecule has 1 atom stereocenters. The van der Waals surface area contributed by atoms with Crippen LogP contribution in [0.15, 0.2) is 24.3 Å². The van der Waals surface area contributed by atoms with Crippen LogP contribution in [0.3, 0.4) is 0 Å². The minimum atomic E-state index is -0.182. The Labute approximate surface area is 102 Å². The van der Waals surface area contributed by atoms with E-state index in [0.717, 1.165) is 13.1 Å². The molecule has 0 radical (unpaired) electrons. The van der Waals surface area contributed by atoms with E-state index in [2.05, 4.69) is 11.0 Å². The molecular formula is C14H18N2O. The first-order chi connectivity index (χ1) is 8.19. The molecule has 0 aliphatic heterocycles. The van der Waals surface area contributed by atoms with Gasteiger partial charge < -0.3 is 5.11 Å². The zero-order chi connectivity index (χ0) is 12.3. The van der Waals surface area contributed by atoms with Crippen molar-refractivity contribution in [1.82, 2.24) is 4.90 Å². The average Bonchev–Trinajstić information content (AvgIpc) is 3.13. The maximum absolute atomic E-state index is 9.83. The molecule has 90 valence electrons. The number of hydrogen-bond acceptors (Lipinski definition) is 3. The molecular weight excluding hydrogens is 212 g/mol. The van der Waals surface area contributed by atoms with E-state index in [0.29, 0.717) is 11.5 Å². The Bertz CT molecular complexity index is 403. The van der Waals surface area contributed by atoms with Gasteiger partial charge in [-0.1, -0.05) is 12.1 Å². The van der Waals surface area contributed by atoms with E-state index in [4.69, 9.17) is 5.26 Å². The summed E-state index contributed by atoms with van der Waals surface area (Å²) in [6.07, 6.45) is 2.16. The van der Waals surface area contributed by atoms with Gasteiger partial charge in [-0.3, -0.25) is 4.90 Å². The van der Waals surface area contributed by atoms with Crippen molar-refractivity contribution >= 4 is 0 Å². The van der Waals surface area contributed by atoms with Crippen LogP contribution in [0.4, 0.5) is 0 Å². The van der Waals surface area contributed by atoms with Crippen molar-refractivity contribution in [3.63, 3.8) is 0 Å². The van der Waals surface area contributed by atoms with E-state index in [1.807, 2.05) is 31.3 Å². The van der Waals surface area contributed by atoms with Crippen LogP contribution in [0.1, 0.15) is 24.0 Å². The highest BCUT2D eigenvalue weighted by Gasteiger charge is 2.30. The summed E-state index contributed by atoms with van der Waals surface area (Å²) in [5, 5.41) is 18.5. The molecule has 1 aromatic rings. The van der Waals surface area contributed by atoms with Crippen molar-refractivity contribution in [2.24, 2.45) is 5.92 Å². The molecule has 1 aromatic carbocycles. The maximum atomic E-state index is 9.83. The Balaban J connectivity index is 1.84. The Morgan fingerprint density at radius 1 is 1.41 bits per heavy atom. The molecule has 0 spiro atoms. The van der Waals surface area contributed by atoms with E-state index in [9.17, 15) is 5.11 Å². The molecule has 0 aromatic heterocycles. The number of rotatable bonds is 5. The topological polar surface area (TPSA) is 47.3 Å². The SMILES string of the molecule is CN(Cc1ccc(C#N)cc1)CC(O)C1CC1. The molecule has 1 aliphatic carbocycles. The van der Waals surface area contributed by atoms with Gasteiger partial charge in [-0.25, -0.2) is 0 Å². The first kappa shape index (κ1) is 12.1. The van der Waals surface area contributed by atoms with Crippen LogP contribution >= 0.6 is 0 Å². The second kappa shape index (κ2) is 5.31. The smallest absolute Gasteiger partial charge is 0.0991 e. The number of hydrogen-bond donors (Lipinski definition) is 1. The number of nitrogens with zero attached hydrogens (tertiary/aromatic N) is 2. The molecule has 17 heavy (non-hydrogen) atoms. The molecule has 3 nitrogen and oxygen atoms in total. The molecule has 1 saturated carbocycles. The van der Waals surface area contributed by atoms with Crippen LogP contribution < -0.4 is 0 Å². The number of aliphatic hydroxyl groups excluding tert-OH is 1. The van der Waals surface area contributed by atoms with Crippen molar-refractivity contribution in [2.75, 3.05) is 13.6 Å². The molecule has 0 saturated heterocycles. The fourth-order valence-electron chi connectivity index (χ4n) is 2.01. The highest BCUT2D eigenvalue weighted by atomic mass is 16.3. The number of nitriles is 1. The third-order valence-electron chi connectivity index (χ3n) is 3.20. The quantitative estimate of drug-likeness (QED) is 0.838. The van der Waals surface area contributed by atoms with Gasteiger partial charge >= 0.3 is 0 Å². The Hall–Kier alpha value is -1.37. The lowest BCUT2D eigenvalue weighted by molar-refractivity contribution is 0.104. The van der Waals surface area contributed by atoms with Crippen molar-refractivity contribution in [3.8, 4) is 6.07 Å². The number of likely N-dealkylation sites (N-methyl/N-ethyl adjacent to an activating group) is 1. The third kappa shape index (κ3) is 3.55. The van der Waals surface area contributed by atoms with E-state index in [1.54, 1.807) is 0 Å². The molecule has 1 fully saturated rings. The van der Waals surface area contributed by atoms with Crippen LogP contribution in [-0.2, 0) is 6.54 Å². The highest BCUT2D eigenvalue weighted by Crippen LogP contribution is 2.32. The van der Waals surface area contributed by atoms with Gasteiger partial charge in [0, 0.05) is 13.1 Å². The van der Waals surface area contributed by atoms with Gasteiger partial charge in [-0.05, 0) is 43.5 Å². The fraction of sp³-hybridized carbons (Fsp3) is 0.500. The molecule has 0 heterocycles. The minimum Gasteiger partial charge on any atom is -0.392 e. The van der Waals surface area contributed by atoms with E-state index in [1.165, 1.54) is 18.4 Å². The molecule has 0 amide bonds. The zero-order valence-corrected chi connectivity index (χ0v) is 10.1. The lowest BCUT2D eigenvalue weighted by atomic mass is 10.1. The van der Waals surface area contributed by atoms with Gasteiger partial charge in [0.15, 0.2) is 0 Å². The van der Waals surface area contributed by atoms with Crippen LogP contribution in [0.2, 0.25) is 0 Å². The Kier molecular flexibility index (Phi) is 3.78. The van der Waals surface area contributed by atoms with E-state index in [-0.39, 0.29) is 6.10 Å². The van der Waals surface area contributed by atoms with Crippen molar-refractivity contribution < 1.29 is 5.11 Å². The van der Waals surface area contributed by atoms with Crippen molar-refractivity contribution in [3.05, 3.63) is 35.4 Å². The summed E-state index contributed by atoms with van der Waals surface area (Å²) < 4.78 is 0. The molecule has 3 heteroatoms. The molecule has 0 bridgehead atoms. The van der Waals surface area contributed by atoms with Crippen LogP contribution in [-0.4, -0.2) is 29.7 Å². The maximum Gasteiger partial charge on any atom is 0.0991 e. The van der Waals surface area contributed by atoms with Gasteiger partial charge in [-0.15, -0.1) is 0 Å². The van der Waals surface area contributed by atoms with Crippen LogP contribution in [0.25, 0.3) is 0 Å². The van der Waals surface area contributed by atoms with Gasteiger partial charge in [-0.2, -0.15) is 5.26 Å². The summed E-state index contributed by atoms with van der Waals surface area (Å²) >= 11 is 0. The summed E-state index contributed by atoms with van der Waals surface area (Å²) in [5.41, 5.74) is 1.86. The Morgan fingerprint density at radius 2 is 2.06 bits per heavy atom. The fourth-order valence-corrected chi connectivity index (χ4v) is 2.01. The third-order valence-corrected chi connectivity index (χ3v) is 3.20. The van der Waals surface area contributed by atoms with Gasteiger partial charge in [0.05, 0.1) is 17.7 Å². The first-order valence-electron chi connectivity index (χ1n) is 6.04. The van der Waals surface area contributed by atoms with Crippen molar-refractivity contribution in [2.45, 2.75) is 25.5 Å². The average molecular weight is 230 g/mol. The van der Waals surface area contributed by atoms with Crippen molar-refractivity contribution in [1.29, 1.82) is 5.26 Å². The molecule has 2 rings (SSSR count). The lowest BCUT2D eigenvalue weighted by Crippen LogP contribution is -2.30. The summed E-state index contributed by atoms with van der Waals surface area (Å²) in [6, 6.07) is 9.72. The number of aliphatic hydroxyl groups is 1. The highest BCUT2D eigenvalue weighted by molar-refractivity contribution is 5.31. The summed E-state index contributed by atoms with van der Waals surface area (Å²) in [7, 11) is 2.02. The van der Waals surface area contributed by atoms with Gasteiger partial charge in [0.2, 0.25) is 0 Å². The first-order valence-corrected chi connectivity index (χ1v) is 6.04. The molecule has 1 aliphatic rings. The predicted octanol–water partition coefficient (Wildman–Crippen LogP) is 1.76. The second-order valence-electron chi connectivity index (χ2n) is 4.91. The lowest BCUT2D eigenvalue weighted by Gasteiger charge is -2.20. The monoisotopic (exact) mass is 230 g/mol. The Morgan fingerprint density at radius 3 is 2.59 bits per heavy atom. The standard InChI is InChI=1S/C14H18N2O/c1-16(10-14(17)13-6-7-13)9-12-4-2-11(8-15)3-5-12/h2-5,13-14,17H,6-7,9-10H2,1H3. The summed E-state index contributed by atoms with van der Waals surface area (Å²) in [4.78, 5) is 2.13. The summed E-state index contributed by atoms with van der Waals surface area (Å²) in [5.74, 6) is 0.526. The normalized spacial score (nSPS) is 16.8. The van der Waals surface area contributed by atoms with Gasteiger partial charge in [0.1, 0.15) is 0 Å². The van der Waals surface area contributed by atoms with Crippen LogP contribution in [0.5, 0.6) is 0 Å². The zero-order valence-electron chi connectivity index (χ0n) is 10.1. The number of benzene rings is 1. The minimum absolute atomic E-state index is 0.182.